The first kappa shape index (κ1) is 14.2. The maximum absolute atomic E-state index is 11.2. The number of nitrogens with one attached hydrogen (secondary N) is 2. The molecule has 1 aromatic rings. The SMILES string of the molecule is O=C(COc1cccc([N+](=O)[O-])c1)NNC(=S)S. The average molecular weight is 287 g/mol. The molecule has 7 nitrogen and oxygen atoms in total. The van der Waals surface area contributed by atoms with Crippen molar-refractivity contribution in [3.8, 4) is 5.75 Å². The number of thiocarbonyl (C=S) groups is 1. The third kappa shape index (κ3) is 4.97. The van der Waals surface area contributed by atoms with E-state index in [0.717, 1.165) is 0 Å². The second-order valence-electron chi connectivity index (χ2n) is 3.02. The average Bonchev–Trinajstić information content (AvgIpc) is 2.34. The molecule has 0 spiro atoms. The van der Waals surface area contributed by atoms with Crippen molar-refractivity contribution in [1.29, 1.82) is 0 Å². The van der Waals surface area contributed by atoms with E-state index in [1.54, 1.807) is 0 Å². The zero-order valence-corrected chi connectivity index (χ0v) is 10.7. The van der Waals surface area contributed by atoms with Crippen molar-refractivity contribution in [3.05, 3.63) is 34.4 Å². The minimum Gasteiger partial charge on any atom is -0.483 e. The highest BCUT2D eigenvalue weighted by Crippen LogP contribution is 2.18. The number of benzene rings is 1. The van der Waals surface area contributed by atoms with Gasteiger partial charge in [0.05, 0.1) is 11.0 Å². The molecular formula is C9H9N3O4S2. The molecule has 18 heavy (non-hydrogen) atoms. The van der Waals surface area contributed by atoms with E-state index in [1.165, 1.54) is 24.3 Å². The molecule has 1 rings (SSSR count). The van der Waals surface area contributed by atoms with Gasteiger partial charge in [0, 0.05) is 6.07 Å². The number of hydrazine groups is 1. The van der Waals surface area contributed by atoms with Gasteiger partial charge in [-0.05, 0) is 6.07 Å². The molecular weight excluding hydrogens is 278 g/mol. The molecule has 0 atom stereocenters. The Morgan fingerprint density at radius 1 is 1.50 bits per heavy atom. The van der Waals surface area contributed by atoms with Gasteiger partial charge >= 0.3 is 0 Å². The van der Waals surface area contributed by atoms with Gasteiger partial charge < -0.3 is 4.74 Å². The summed E-state index contributed by atoms with van der Waals surface area (Å²) in [5.41, 5.74) is 4.43. The molecule has 0 fully saturated rings. The first-order chi connectivity index (χ1) is 8.49. The smallest absolute Gasteiger partial charge is 0.276 e. The van der Waals surface area contributed by atoms with Crippen molar-refractivity contribution in [2.24, 2.45) is 0 Å². The lowest BCUT2D eigenvalue weighted by Gasteiger charge is -2.07. The zero-order chi connectivity index (χ0) is 13.5. The van der Waals surface area contributed by atoms with Crippen LogP contribution >= 0.6 is 24.8 Å². The molecule has 0 saturated heterocycles. The summed E-state index contributed by atoms with van der Waals surface area (Å²) < 4.78 is 5.18. The lowest BCUT2D eigenvalue weighted by atomic mass is 10.3. The van der Waals surface area contributed by atoms with Crippen LogP contribution in [0.25, 0.3) is 0 Å². The fraction of sp³-hybridized carbons (Fsp3) is 0.111. The Kier molecular flexibility index (Phi) is 5.33. The predicted molar refractivity (Wildman–Crippen MR) is 71.5 cm³/mol. The number of hydrogen-bond acceptors (Lipinski definition) is 5. The van der Waals surface area contributed by atoms with Crippen LogP contribution in [-0.4, -0.2) is 21.8 Å². The summed E-state index contributed by atoms with van der Waals surface area (Å²) in [5, 5.41) is 10.5. The van der Waals surface area contributed by atoms with E-state index in [1.807, 2.05) is 0 Å². The summed E-state index contributed by atoms with van der Waals surface area (Å²) in [4.78, 5) is 21.2. The third-order valence-electron chi connectivity index (χ3n) is 1.71. The molecule has 9 heteroatoms. The van der Waals surface area contributed by atoms with Gasteiger partial charge in [-0.1, -0.05) is 18.3 Å². The Hall–Kier alpha value is -1.87. The fourth-order valence-corrected chi connectivity index (χ4v) is 1.10. The molecule has 0 unspecified atom stereocenters. The standard InChI is InChI=1S/C9H9N3O4S2/c13-8(10-11-9(17)18)5-16-7-3-1-2-6(4-7)12(14)15/h1-4H,5H2,(H,10,13)(H2,11,17,18). The lowest BCUT2D eigenvalue weighted by Crippen LogP contribution is -2.41. The van der Waals surface area contributed by atoms with E-state index < -0.39 is 10.8 Å². The Morgan fingerprint density at radius 2 is 2.22 bits per heavy atom. The van der Waals surface area contributed by atoms with Gasteiger partial charge in [0.25, 0.3) is 11.6 Å². The van der Waals surface area contributed by atoms with E-state index in [0.29, 0.717) is 0 Å². The Morgan fingerprint density at radius 3 is 2.83 bits per heavy atom. The van der Waals surface area contributed by atoms with Gasteiger partial charge in [-0.3, -0.25) is 25.8 Å². The van der Waals surface area contributed by atoms with Crippen LogP contribution in [0.3, 0.4) is 0 Å². The minimum absolute atomic E-state index is 0.109. The van der Waals surface area contributed by atoms with Gasteiger partial charge in [0.15, 0.2) is 6.61 Å². The monoisotopic (exact) mass is 287 g/mol. The minimum atomic E-state index is -0.548. The fourth-order valence-electron chi connectivity index (χ4n) is 0.995. The molecule has 0 aliphatic rings. The summed E-state index contributed by atoms with van der Waals surface area (Å²) in [6.45, 7) is -0.301. The van der Waals surface area contributed by atoms with Crippen molar-refractivity contribution in [3.63, 3.8) is 0 Å². The van der Waals surface area contributed by atoms with E-state index in [-0.39, 0.29) is 22.4 Å². The molecule has 0 heterocycles. The van der Waals surface area contributed by atoms with Crippen LogP contribution in [0.5, 0.6) is 5.75 Å². The number of thiol groups is 1. The number of carbonyl (C=O) groups is 1. The number of non-ortho nitro benzene ring substituents is 1. The Bertz CT molecular complexity index is 481. The normalized spacial score (nSPS) is 9.39. The summed E-state index contributed by atoms with van der Waals surface area (Å²) in [6, 6.07) is 5.53. The number of amides is 1. The van der Waals surface area contributed by atoms with Crippen LogP contribution in [0.1, 0.15) is 0 Å². The number of rotatable bonds is 4. The molecule has 0 aliphatic carbocycles. The molecule has 1 aromatic carbocycles. The third-order valence-corrected chi connectivity index (χ3v) is 1.92. The van der Waals surface area contributed by atoms with Crippen LogP contribution in [-0.2, 0) is 4.79 Å². The number of ether oxygens (including phenoxy) is 1. The second-order valence-corrected chi connectivity index (χ2v) is 4.18. The van der Waals surface area contributed by atoms with E-state index >= 15 is 0 Å². The first-order valence-electron chi connectivity index (χ1n) is 4.64. The molecule has 0 radical (unpaired) electrons. The number of nitro groups is 1. The van der Waals surface area contributed by atoms with Crippen LogP contribution in [0.15, 0.2) is 24.3 Å². The molecule has 0 aliphatic heterocycles. The molecule has 96 valence electrons. The molecule has 1 amide bonds. The van der Waals surface area contributed by atoms with Crippen LogP contribution in [0.2, 0.25) is 0 Å². The van der Waals surface area contributed by atoms with Crippen molar-refractivity contribution >= 4 is 40.8 Å². The van der Waals surface area contributed by atoms with E-state index in [2.05, 4.69) is 35.7 Å². The number of carbonyl (C=O) groups excluding carboxylic acids is 1. The number of nitrogens with zero attached hydrogens (tertiary/aromatic N) is 1. The number of nitro benzene ring substituents is 1. The van der Waals surface area contributed by atoms with Crippen LogP contribution in [0, 0.1) is 10.1 Å². The Balaban J connectivity index is 2.48. The summed E-state index contributed by atoms with van der Waals surface area (Å²) in [5.74, 6) is -0.259. The van der Waals surface area contributed by atoms with Crippen LogP contribution < -0.4 is 15.6 Å². The van der Waals surface area contributed by atoms with Gasteiger partial charge in [0.2, 0.25) is 0 Å². The van der Waals surface area contributed by atoms with Crippen molar-refractivity contribution < 1.29 is 14.5 Å². The zero-order valence-electron chi connectivity index (χ0n) is 8.95. The van der Waals surface area contributed by atoms with Gasteiger partial charge in [0.1, 0.15) is 10.1 Å². The van der Waals surface area contributed by atoms with E-state index in [9.17, 15) is 14.9 Å². The highest BCUT2D eigenvalue weighted by molar-refractivity contribution is 8.11. The second kappa shape index (κ2) is 6.77. The molecule has 0 aromatic heterocycles. The summed E-state index contributed by atoms with van der Waals surface area (Å²) in [7, 11) is 0. The summed E-state index contributed by atoms with van der Waals surface area (Å²) in [6.07, 6.45) is 0. The van der Waals surface area contributed by atoms with Gasteiger partial charge in [-0.2, -0.15) is 0 Å². The van der Waals surface area contributed by atoms with Crippen molar-refractivity contribution in [2.75, 3.05) is 6.61 Å². The van der Waals surface area contributed by atoms with Gasteiger partial charge in [-0.25, -0.2) is 0 Å². The number of hydrogen-bond donors (Lipinski definition) is 3. The lowest BCUT2D eigenvalue weighted by molar-refractivity contribution is -0.384. The van der Waals surface area contributed by atoms with Gasteiger partial charge in [-0.15, -0.1) is 12.6 Å². The summed E-state index contributed by atoms with van der Waals surface area (Å²) >= 11 is 8.30. The maximum atomic E-state index is 11.2. The predicted octanol–water partition coefficient (Wildman–Crippen LogP) is 0.809. The van der Waals surface area contributed by atoms with Crippen molar-refractivity contribution in [2.45, 2.75) is 0 Å². The highest BCUT2D eigenvalue weighted by atomic mass is 32.1. The molecule has 0 saturated carbocycles. The van der Waals surface area contributed by atoms with Crippen molar-refractivity contribution in [1.82, 2.24) is 10.9 Å². The van der Waals surface area contributed by atoms with Crippen LogP contribution in [0.4, 0.5) is 5.69 Å². The Labute approximate surface area is 113 Å². The molecule has 0 bridgehead atoms. The topological polar surface area (TPSA) is 93.5 Å². The largest absolute Gasteiger partial charge is 0.483 e. The quantitative estimate of drug-likeness (QED) is 0.328. The highest BCUT2D eigenvalue weighted by Gasteiger charge is 2.07. The molecule has 2 N–H and O–H groups in total. The maximum Gasteiger partial charge on any atom is 0.276 e. The first-order valence-corrected chi connectivity index (χ1v) is 5.49. The van der Waals surface area contributed by atoms with E-state index in [4.69, 9.17) is 4.74 Å².